The number of ether oxygens (including phenoxy) is 1. The zero-order chi connectivity index (χ0) is 24.2. The minimum absolute atomic E-state index is 0.0176. The van der Waals surface area contributed by atoms with Gasteiger partial charge in [0, 0.05) is 38.5 Å². The van der Waals surface area contributed by atoms with Gasteiger partial charge in [-0.25, -0.2) is 21.6 Å². The van der Waals surface area contributed by atoms with E-state index in [2.05, 4.69) is 9.62 Å². The Balaban J connectivity index is 1.44. The van der Waals surface area contributed by atoms with Gasteiger partial charge < -0.3 is 14.7 Å². The number of piperidine rings is 1. The molecule has 2 aromatic rings. The molecule has 1 heterocycles. The summed E-state index contributed by atoms with van der Waals surface area (Å²) in [6.45, 7) is 1.55. The highest BCUT2D eigenvalue weighted by atomic mass is 35.5. The van der Waals surface area contributed by atoms with Crippen LogP contribution in [0.5, 0.6) is 5.75 Å². The standard InChI is InChI=1S/C21H26Cl2N2O6S2/c1-32(27,28)18-3-5-19(6-4-18)33(29,30)24-13-15(26)14-25-10-8-16(9-11-25)31-17-2-7-20(22)21(23)12-17/h2-7,12,15-16,24,26H,8-11,13-14H2,1H3. The van der Waals surface area contributed by atoms with E-state index in [4.69, 9.17) is 27.9 Å². The average molecular weight is 537 g/mol. The molecule has 1 saturated heterocycles. The van der Waals surface area contributed by atoms with E-state index in [1.165, 1.54) is 24.3 Å². The van der Waals surface area contributed by atoms with Crippen LogP contribution in [0.25, 0.3) is 0 Å². The highest BCUT2D eigenvalue weighted by molar-refractivity contribution is 7.90. The smallest absolute Gasteiger partial charge is 0.240 e. The summed E-state index contributed by atoms with van der Waals surface area (Å²) in [7, 11) is -7.29. The fourth-order valence-electron chi connectivity index (χ4n) is 3.47. The van der Waals surface area contributed by atoms with E-state index in [1.807, 2.05) is 0 Å². The topological polar surface area (TPSA) is 113 Å². The molecule has 0 spiro atoms. The number of benzene rings is 2. The number of β-amino-alcohol motifs (C(OH)–C–C–N with tert-alkyl or cyclic N) is 1. The Hall–Kier alpha value is -1.40. The van der Waals surface area contributed by atoms with E-state index >= 15 is 0 Å². The van der Waals surface area contributed by atoms with Gasteiger partial charge >= 0.3 is 0 Å². The number of sulfone groups is 1. The van der Waals surface area contributed by atoms with Gasteiger partial charge in [0.15, 0.2) is 9.84 Å². The number of likely N-dealkylation sites (tertiary alicyclic amines) is 1. The van der Waals surface area contributed by atoms with Crippen LogP contribution in [0, 0.1) is 0 Å². The summed E-state index contributed by atoms with van der Waals surface area (Å²) >= 11 is 11.9. The maximum Gasteiger partial charge on any atom is 0.240 e. The molecule has 0 bridgehead atoms. The number of hydrogen-bond donors (Lipinski definition) is 2. The third-order valence-corrected chi connectivity index (χ3v) is 8.58. The molecule has 8 nitrogen and oxygen atoms in total. The second-order valence-corrected chi connectivity index (χ2v) is 12.5. The number of rotatable bonds is 9. The molecule has 0 saturated carbocycles. The fraction of sp³-hybridized carbons (Fsp3) is 0.429. The van der Waals surface area contributed by atoms with Gasteiger partial charge in [0.05, 0.1) is 25.9 Å². The van der Waals surface area contributed by atoms with Gasteiger partial charge in [0.1, 0.15) is 11.9 Å². The molecular weight excluding hydrogens is 511 g/mol. The molecule has 1 atom stereocenters. The van der Waals surface area contributed by atoms with Gasteiger partial charge in [0.2, 0.25) is 10.0 Å². The number of sulfonamides is 1. The minimum Gasteiger partial charge on any atom is -0.490 e. The van der Waals surface area contributed by atoms with Gasteiger partial charge in [0.25, 0.3) is 0 Å². The monoisotopic (exact) mass is 536 g/mol. The van der Waals surface area contributed by atoms with Crippen molar-refractivity contribution in [2.75, 3.05) is 32.4 Å². The largest absolute Gasteiger partial charge is 0.490 e. The van der Waals surface area contributed by atoms with E-state index in [0.717, 1.165) is 19.1 Å². The van der Waals surface area contributed by atoms with Crippen LogP contribution in [0.4, 0.5) is 0 Å². The Labute approximate surface area is 204 Å². The molecule has 0 aromatic heterocycles. The maximum atomic E-state index is 12.4. The van der Waals surface area contributed by atoms with E-state index in [0.29, 0.717) is 35.4 Å². The summed E-state index contributed by atoms with van der Waals surface area (Å²) in [5, 5.41) is 11.2. The number of aliphatic hydroxyl groups is 1. The average Bonchev–Trinajstić information content (AvgIpc) is 2.76. The van der Waals surface area contributed by atoms with Crippen LogP contribution in [0.3, 0.4) is 0 Å². The molecule has 0 radical (unpaired) electrons. The third-order valence-electron chi connectivity index (χ3n) is 5.27. The lowest BCUT2D eigenvalue weighted by molar-refractivity contribution is 0.0630. The van der Waals surface area contributed by atoms with Crippen LogP contribution in [0.1, 0.15) is 12.8 Å². The molecule has 33 heavy (non-hydrogen) atoms. The number of hydrogen-bond acceptors (Lipinski definition) is 7. The van der Waals surface area contributed by atoms with Crippen LogP contribution >= 0.6 is 23.2 Å². The van der Waals surface area contributed by atoms with Crippen LogP contribution in [-0.4, -0.2) is 71.5 Å². The van der Waals surface area contributed by atoms with Crippen molar-refractivity contribution in [3.05, 3.63) is 52.5 Å². The minimum atomic E-state index is -3.87. The third kappa shape index (κ3) is 7.54. The molecule has 3 rings (SSSR count). The number of aliphatic hydroxyl groups excluding tert-OH is 1. The predicted molar refractivity (Wildman–Crippen MR) is 127 cm³/mol. The highest BCUT2D eigenvalue weighted by Gasteiger charge is 2.23. The number of nitrogens with zero attached hydrogens (tertiary/aromatic N) is 1. The van der Waals surface area contributed by atoms with Gasteiger partial charge in [-0.3, -0.25) is 0 Å². The Kier molecular flexibility index (Phi) is 8.66. The van der Waals surface area contributed by atoms with Gasteiger partial charge in [-0.15, -0.1) is 0 Å². The first kappa shape index (κ1) is 26.2. The summed E-state index contributed by atoms with van der Waals surface area (Å²) in [5.74, 6) is 0.655. The SMILES string of the molecule is CS(=O)(=O)c1ccc(S(=O)(=O)NCC(O)CN2CCC(Oc3ccc(Cl)c(Cl)c3)CC2)cc1. The summed E-state index contributed by atoms with van der Waals surface area (Å²) in [6.07, 6.45) is 1.68. The zero-order valence-corrected chi connectivity index (χ0v) is 21.1. The van der Waals surface area contributed by atoms with Crippen molar-refractivity contribution < 1.29 is 26.7 Å². The molecule has 0 amide bonds. The first-order valence-corrected chi connectivity index (χ1v) is 14.4. The molecule has 1 unspecified atom stereocenters. The highest BCUT2D eigenvalue weighted by Crippen LogP contribution is 2.28. The zero-order valence-electron chi connectivity index (χ0n) is 17.9. The van der Waals surface area contributed by atoms with Crippen molar-refractivity contribution in [3.8, 4) is 5.75 Å². The normalized spacial score (nSPS) is 17.1. The van der Waals surface area contributed by atoms with Crippen molar-refractivity contribution in [1.29, 1.82) is 0 Å². The lowest BCUT2D eigenvalue weighted by Crippen LogP contribution is -2.45. The summed E-state index contributed by atoms with van der Waals surface area (Å²) in [6, 6.07) is 10.1. The second-order valence-electron chi connectivity index (χ2n) is 7.94. The molecule has 2 aromatic carbocycles. The Morgan fingerprint density at radius 1 is 1.03 bits per heavy atom. The van der Waals surface area contributed by atoms with E-state index in [1.54, 1.807) is 18.2 Å². The Morgan fingerprint density at radius 3 is 2.21 bits per heavy atom. The summed E-state index contributed by atoms with van der Waals surface area (Å²) in [5.41, 5.74) is 0. The van der Waals surface area contributed by atoms with E-state index in [9.17, 15) is 21.9 Å². The van der Waals surface area contributed by atoms with Crippen molar-refractivity contribution in [2.45, 2.75) is 34.8 Å². The molecule has 1 aliphatic heterocycles. The first-order chi connectivity index (χ1) is 15.4. The van der Waals surface area contributed by atoms with Crippen LogP contribution in [-0.2, 0) is 19.9 Å². The molecule has 182 valence electrons. The molecule has 0 aliphatic carbocycles. The number of halogens is 2. The molecule has 2 N–H and O–H groups in total. The van der Waals surface area contributed by atoms with E-state index < -0.39 is 26.0 Å². The Bertz CT molecular complexity index is 1170. The van der Waals surface area contributed by atoms with Crippen molar-refractivity contribution >= 4 is 43.1 Å². The quantitative estimate of drug-likeness (QED) is 0.506. The first-order valence-electron chi connectivity index (χ1n) is 10.3. The number of nitrogens with one attached hydrogen (secondary N) is 1. The summed E-state index contributed by atoms with van der Waals surface area (Å²) in [4.78, 5) is 2.02. The van der Waals surface area contributed by atoms with Crippen molar-refractivity contribution in [2.24, 2.45) is 0 Å². The molecule has 1 fully saturated rings. The lowest BCUT2D eigenvalue weighted by atomic mass is 10.1. The fourth-order valence-corrected chi connectivity index (χ4v) is 5.46. The van der Waals surface area contributed by atoms with Crippen LogP contribution < -0.4 is 9.46 Å². The van der Waals surface area contributed by atoms with Crippen LogP contribution in [0.2, 0.25) is 10.0 Å². The van der Waals surface area contributed by atoms with Gasteiger partial charge in [-0.1, -0.05) is 23.2 Å². The molecule has 1 aliphatic rings. The Morgan fingerprint density at radius 2 is 1.64 bits per heavy atom. The maximum absolute atomic E-state index is 12.4. The van der Waals surface area contributed by atoms with Crippen molar-refractivity contribution in [3.63, 3.8) is 0 Å². The molecule has 12 heteroatoms. The molecular formula is C21H26Cl2N2O6S2. The van der Waals surface area contributed by atoms with Crippen LogP contribution in [0.15, 0.2) is 52.3 Å². The van der Waals surface area contributed by atoms with Crippen molar-refractivity contribution in [1.82, 2.24) is 9.62 Å². The van der Waals surface area contributed by atoms with E-state index in [-0.39, 0.29) is 22.4 Å². The van der Waals surface area contributed by atoms with Gasteiger partial charge in [-0.05, 0) is 49.2 Å². The predicted octanol–water partition coefficient (Wildman–Crippen LogP) is 2.58. The summed E-state index contributed by atoms with van der Waals surface area (Å²) < 4.78 is 56.2. The second kappa shape index (κ2) is 10.9. The van der Waals surface area contributed by atoms with Gasteiger partial charge in [-0.2, -0.15) is 0 Å². The lowest BCUT2D eigenvalue weighted by Gasteiger charge is -2.33.